The van der Waals surface area contributed by atoms with Gasteiger partial charge in [-0.2, -0.15) is 0 Å². The smallest absolute Gasteiger partial charge is 0.337 e. The molecule has 1 fully saturated rings. The van der Waals surface area contributed by atoms with Crippen LogP contribution in [-0.2, 0) is 0 Å². The third kappa shape index (κ3) is 3.12. The molecule has 98 valence electrons. The quantitative estimate of drug-likeness (QED) is 0.745. The van der Waals surface area contributed by atoms with Crippen molar-refractivity contribution in [2.75, 3.05) is 17.6 Å². The minimum Gasteiger partial charge on any atom is -0.478 e. The maximum Gasteiger partial charge on any atom is 0.337 e. The van der Waals surface area contributed by atoms with Crippen LogP contribution in [0.3, 0.4) is 0 Å². The second-order valence-electron chi connectivity index (χ2n) is 4.83. The van der Waals surface area contributed by atoms with Gasteiger partial charge in [0.15, 0.2) is 0 Å². The summed E-state index contributed by atoms with van der Waals surface area (Å²) in [7, 11) is 0. The number of carbonyl (C=O) groups is 1. The Hall–Kier alpha value is -1.78. The van der Waals surface area contributed by atoms with Gasteiger partial charge in [0.2, 0.25) is 0 Å². The summed E-state index contributed by atoms with van der Waals surface area (Å²) in [4.78, 5) is 15.0. The maximum atomic E-state index is 10.9. The Balaban J connectivity index is 1.88. The van der Waals surface area contributed by atoms with E-state index in [0.717, 1.165) is 18.9 Å². The van der Waals surface area contributed by atoms with Crippen LogP contribution in [0.5, 0.6) is 0 Å². The molecule has 0 bridgehead atoms. The van der Waals surface area contributed by atoms with Crippen LogP contribution in [0.15, 0.2) is 12.3 Å². The lowest BCUT2D eigenvalue weighted by Crippen LogP contribution is -2.10. The molecule has 0 unspecified atom stereocenters. The Labute approximate surface area is 106 Å². The highest BCUT2D eigenvalue weighted by Gasteiger charge is 2.14. The zero-order valence-electron chi connectivity index (χ0n) is 10.4. The van der Waals surface area contributed by atoms with Gasteiger partial charge in [-0.1, -0.05) is 25.7 Å². The van der Waals surface area contributed by atoms with E-state index in [0.29, 0.717) is 5.82 Å². The van der Waals surface area contributed by atoms with E-state index in [9.17, 15) is 4.79 Å². The second-order valence-corrected chi connectivity index (χ2v) is 4.83. The first kappa shape index (κ1) is 12.7. The van der Waals surface area contributed by atoms with Gasteiger partial charge in [0.05, 0.1) is 17.4 Å². The number of pyridine rings is 1. The van der Waals surface area contributed by atoms with Gasteiger partial charge < -0.3 is 16.2 Å². The largest absolute Gasteiger partial charge is 0.478 e. The summed E-state index contributed by atoms with van der Waals surface area (Å²) in [6.45, 7) is 0.834. The summed E-state index contributed by atoms with van der Waals surface area (Å²) in [5.41, 5.74) is 5.85. The van der Waals surface area contributed by atoms with Crippen molar-refractivity contribution < 1.29 is 9.90 Å². The average molecular weight is 249 g/mol. The molecule has 1 aliphatic carbocycles. The molecule has 0 saturated heterocycles. The molecule has 2 rings (SSSR count). The number of hydrogen-bond acceptors (Lipinski definition) is 4. The van der Waals surface area contributed by atoms with Gasteiger partial charge in [-0.25, -0.2) is 9.78 Å². The molecule has 0 aromatic carbocycles. The van der Waals surface area contributed by atoms with Crippen molar-refractivity contribution >= 4 is 17.5 Å². The minimum absolute atomic E-state index is 0.105. The molecule has 0 spiro atoms. The molecule has 1 saturated carbocycles. The first-order chi connectivity index (χ1) is 8.66. The summed E-state index contributed by atoms with van der Waals surface area (Å²) in [6, 6.07) is 1.49. The van der Waals surface area contributed by atoms with Crippen molar-refractivity contribution in [2.45, 2.75) is 32.1 Å². The maximum absolute atomic E-state index is 10.9. The van der Waals surface area contributed by atoms with Gasteiger partial charge in [0.25, 0.3) is 0 Å². The van der Waals surface area contributed by atoms with Gasteiger partial charge in [0.1, 0.15) is 5.82 Å². The SMILES string of the molecule is Nc1cnc(NCCC2CCCC2)cc1C(=O)O. The van der Waals surface area contributed by atoms with Gasteiger partial charge in [-0.3, -0.25) is 0 Å². The molecular formula is C13H19N3O2. The Morgan fingerprint density at radius 1 is 1.50 bits per heavy atom. The number of carboxylic acid groups (broad SMARTS) is 1. The van der Waals surface area contributed by atoms with Crippen LogP contribution in [-0.4, -0.2) is 22.6 Å². The van der Waals surface area contributed by atoms with Crippen LogP contribution in [0.2, 0.25) is 0 Å². The number of nitrogens with one attached hydrogen (secondary N) is 1. The molecule has 18 heavy (non-hydrogen) atoms. The molecule has 5 heteroatoms. The fourth-order valence-corrected chi connectivity index (χ4v) is 2.45. The van der Waals surface area contributed by atoms with Crippen LogP contribution in [0.1, 0.15) is 42.5 Å². The van der Waals surface area contributed by atoms with Crippen LogP contribution in [0.25, 0.3) is 0 Å². The molecule has 1 heterocycles. The van der Waals surface area contributed by atoms with E-state index in [2.05, 4.69) is 10.3 Å². The molecule has 1 aromatic heterocycles. The predicted molar refractivity (Wildman–Crippen MR) is 70.7 cm³/mol. The van der Waals surface area contributed by atoms with Crippen molar-refractivity contribution in [3.05, 3.63) is 17.8 Å². The average Bonchev–Trinajstić information content (AvgIpc) is 2.84. The van der Waals surface area contributed by atoms with Crippen LogP contribution < -0.4 is 11.1 Å². The summed E-state index contributed by atoms with van der Waals surface area (Å²) < 4.78 is 0. The Morgan fingerprint density at radius 3 is 2.89 bits per heavy atom. The highest BCUT2D eigenvalue weighted by Crippen LogP contribution is 2.27. The molecule has 1 aliphatic rings. The van der Waals surface area contributed by atoms with Crippen molar-refractivity contribution in [3.63, 3.8) is 0 Å². The molecule has 4 N–H and O–H groups in total. The normalized spacial score (nSPS) is 15.8. The van der Waals surface area contributed by atoms with E-state index < -0.39 is 5.97 Å². The Bertz CT molecular complexity index is 428. The Kier molecular flexibility index (Phi) is 4.02. The number of hydrogen-bond donors (Lipinski definition) is 3. The van der Waals surface area contributed by atoms with E-state index in [1.54, 1.807) is 0 Å². The summed E-state index contributed by atoms with van der Waals surface area (Å²) >= 11 is 0. The Morgan fingerprint density at radius 2 is 2.22 bits per heavy atom. The van der Waals surface area contributed by atoms with Crippen molar-refractivity contribution in [2.24, 2.45) is 5.92 Å². The van der Waals surface area contributed by atoms with Gasteiger partial charge in [-0.05, 0) is 18.4 Å². The first-order valence-corrected chi connectivity index (χ1v) is 6.39. The fraction of sp³-hybridized carbons (Fsp3) is 0.538. The minimum atomic E-state index is -1.02. The molecular weight excluding hydrogens is 230 g/mol. The van der Waals surface area contributed by atoms with Gasteiger partial charge in [0, 0.05) is 6.54 Å². The number of nitrogens with two attached hydrogens (primary N) is 1. The number of nitrogen functional groups attached to an aromatic ring is 1. The van der Waals surface area contributed by atoms with Crippen molar-refractivity contribution in [3.8, 4) is 0 Å². The van der Waals surface area contributed by atoms with E-state index in [4.69, 9.17) is 10.8 Å². The molecule has 0 amide bonds. The third-order valence-electron chi connectivity index (χ3n) is 3.50. The topological polar surface area (TPSA) is 88.2 Å². The lowest BCUT2D eigenvalue weighted by molar-refractivity contribution is 0.0698. The number of nitrogens with zero attached hydrogens (tertiary/aromatic N) is 1. The number of rotatable bonds is 5. The third-order valence-corrected chi connectivity index (χ3v) is 3.50. The standard InChI is InChI=1S/C13H19N3O2/c14-11-8-16-12(7-10(11)13(17)18)15-6-5-9-3-1-2-4-9/h7-9H,1-6,14H2,(H,15,16)(H,17,18). The van der Waals surface area contributed by atoms with E-state index in [1.165, 1.54) is 37.9 Å². The van der Waals surface area contributed by atoms with Crippen molar-refractivity contribution in [1.29, 1.82) is 0 Å². The summed E-state index contributed by atoms with van der Waals surface area (Å²) in [5.74, 6) is 0.374. The number of anilines is 2. The second kappa shape index (κ2) is 5.71. The van der Waals surface area contributed by atoms with Crippen molar-refractivity contribution in [1.82, 2.24) is 4.98 Å². The highest BCUT2D eigenvalue weighted by molar-refractivity contribution is 5.94. The van der Waals surface area contributed by atoms with Crippen LogP contribution in [0, 0.1) is 5.92 Å². The molecule has 5 nitrogen and oxygen atoms in total. The van der Waals surface area contributed by atoms with E-state index >= 15 is 0 Å². The van der Waals surface area contributed by atoms with Gasteiger partial charge in [-0.15, -0.1) is 0 Å². The highest BCUT2D eigenvalue weighted by atomic mass is 16.4. The number of aromatic nitrogens is 1. The van der Waals surface area contributed by atoms with Crippen LogP contribution >= 0.6 is 0 Å². The zero-order chi connectivity index (χ0) is 13.0. The summed E-state index contributed by atoms with van der Waals surface area (Å²) in [6.07, 6.45) is 7.83. The van der Waals surface area contributed by atoms with E-state index in [1.807, 2.05) is 0 Å². The van der Waals surface area contributed by atoms with Gasteiger partial charge >= 0.3 is 5.97 Å². The molecule has 1 aromatic rings. The first-order valence-electron chi connectivity index (χ1n) is 6.39. The number of carboxylic acids is 1. The zero-order valence-corrected chi connectivity index (χ0v) is 10.4. The monoisotopic (exact) mass is 249 g/mol. The number of aromatic carboxylic acids is 1. The van der Waals surface area contributed by atoms with Crippen LogP contribution in [0.4, 0.5) is 11.5 Å². The van der Waals surface area contributed by atoms with E-state index in [-0.39, 0.29) is 11.3 Å². The molecule has 0 atom stereocenters. The molecule has 0 aliphatic heterocycles. The molecule has 0 radical (unpaired) electrons. The fourth-order valence-electron chi connectivity index (χ4n) is 2.45. The lowest BCUT2D eigenvalue weighted by Gasteiger charge is -2.11. The lowest BCUT2D eigenvalue weighted by atomic mass is 10.0. The summed E-state index contributed by atoms with van der Waals surface area (Å²) in [5, 5.41) is 12.1. The predicted octanol–water partition coefficient (Wildman–Crippen LogP) is 2.35.